The highest BCUT2D eigenvalue weighted by molar-refractivity contribution is 6.04. The van der Waals surface area contributed by atoms with Crippen LogP contribution < -0.4 is 10.6 Å². The molecule has 132 valence electrons. The molecule has 2 unspecified atom stereocenters. The van der Waals surface area contributed by atoms with Gasteiger partial charge in [-0.15, -0.1) is 0 Å². The highest BCUT2D eigenvalue weighted by Crippen LogP contribution is 2.40. The van der Waals surface area contributed by atoms with Crippen molar-refractivity contribution in [3.8, 4) is 6.07 Å². The van der Waals surface area contributed by atoms with Gasteiger partial charge in [-0.25, -0.2) is 0 Å². The number of carbonyl (C=O) groups excluding carboxylic acids is 2. The Morgan fingerprint density at radius 1 is 1.00 bits per heavy atom. The van der Waals surface area contributed by atoms with Crippen molar-refractivity contribution in [3.05, 3.63) is 58.7 Å². The number of carbonyl (C=O) groups is 2. The minimum atomic E-state index is -0.354. The van der Waals surface area contributed by atoms with E-state index in [0.717, 1.165) is 22.4 Å². The predicted octanol–water partition coefficient (Wildman–Crippen LogP) is 3.70. The summed E-state index contributed by atoms with van der Waals surface area (Å²) in [6.45, 7) is 5.95. The van der Waals surface area contributed by atoms with Gasteiger partial charge in [0.05, 0.1) is 23.1 Å². The quantitative estimate of drug-likeness (QED) is 0.885. The molecule has 0 aliphatic heterocycles. The van der Waals surface area contributed by atoms with Gasteiger partial charge < -0.3 is 10.6 Å². The Bertz CT molecular complexity index is 904. The molecule has 1 aliphatic carbocycles. The molecule has 0 spiro atoms. The van der Waals surface area contributed by atoms with E-state index in [0.29, 0.717) is 17.7 Å². The lowest BCUT2D eigenvalue weighted by molar-refractivity contribution is -0.122. The highest BCUT2D eigenvalue weighted by atomic mass is 16.2. The molecule has 0 saturated heterocycles. The predicted molar refractivity (Wildman–Crippen MR) is 101 cm³/mol. The Kier molecular flexibility index (Phi) is 4.77. The second kappa shape index (κ2) is 7.01. The lowest BCUT2D eigenvalue weighted by atomic mass is 10.0. The third-order valence-electron chi connectivity index (χ3n) is 4.69. The summed E-state index contributed by atoms with van der Waals surface area (Å²) in [7, 11) is 0. The maximum absolute atomic E-state index is 12.5. The van der Waals surface area contributed by atoms with Crippen LogP contribution in [0, 0.1) is 43.9 Å². The van der Waals surface area contributed by atoms with Crippen LogP contribution in [-0.2, 0) is 9.59 Å². The number of nitrogens with one attached hydrogen (secondary N) is 2. The maximum atomic E-state index is 12.5. The number of aryl methyl sites for hydroxylation is 3. The summed E-state index contributed by atoms with van der Waals surface area (Å²) in [4.78, 5) is 24.9. The smallest absolute Gasteiger partial charge is 0.228 e. The van der Waals surface area contributed by atoms with Gasteiger partial charge in [-0.2, -0.15) is 5.26 Å². The zero-order chi connectivity index (χ0) is 18.8. The molecule has 0 radical (unpaired) electrons. The molecule has 2 amide bonds. The topological polar surface area (TPSA) is 82.0 Å². The first-order valence-electron chi connectivity index (χ1n) is 8.59. The fraction of sp³-hybridized carbons (Fsp3) is 0.286. The third-order valence-corrected chi connectivity index (χ3v) is 4.69. The Balaban J connectivity index is 1.64. The van der Waals surface area contributed by atoms with Gasteiger partial charge in [0.1, 0.15) is 6.07 Å². The van der Waals surface area contributed by atoms with Crippen LogP contribution >= 0.6 is 0 Å². The summed E-state index contributed by atoms with van der Waals surface area (Å²) >= 11 is 0. The second-order valence-corrected chi connectivity index (χ2v) is 6.86. The highest BCUT2D eigenvalue weighted by Gasteiger charge is 2.48. The number of benzene rings is 2. The summed E-state index contributed by atoms with van der Waals surface area (Å²) in [5.41, 5.74) is 4.89. The molecule has 0 heterocycles. The van der Waals surface area contributed by atoms with Crippen LogP contribution in [-0.4, -0.2) is 11.8 Å². The number of rotatable bonds is 4. The van der Waals surface area contributed by atoms with E-state index in [1.165, 1.54) is 0 Å². The van der Waals surface area contributed by atoms with Gasteiger partial charge in [0.15, 0.2) is 0 Å². The van der Waals surface area contributed by atoms with E-state index in [1.807, 2.05) is 39.0 Å². The van der Waals surface area contributed by atoms with Crippen molar-refractivity contribution in [2.75, 3.05) is 10.6 Å². The van der Waals surface area contributed by atoms with Crippen molar-refractivity contribution in [3.63, 3.8) is 0 Å². The van der Waals surface area contributed by atoms with Crippen LogP contribution in [0.4, 0.5) is 11.4 Å². The Labute approximate surface area is 153 Å². The third kappa shape index (κ3) is 3.60. The molecule has 0 bridgehead atoms. The van der Waals surface area contributed by atoms with Crippen LogP contribution in [0.1, 0.15) is 28.7 Å². The lowest BCUT2D eigenvalue weighted by Crippen LogP contribution is -2.21. The zero-order valence-electron chi connectivity index (χ0n) is 15.1. The van der Waals surface area contributed by atoms with Crippen LogP contribution in [0.15, 0.2) is 36.4 Å². The molecule has 26 heavy (non-hydrogen) atoms. The molecular formula is C21H21N3O2. The Hall–Kier alpha value is -3.13. The van der Waals surface area contributed by atoms with Gasteiger partial charge in [-0.3, -0.25) is 9.59 Å². The van der Waals surface area contributed by atoms with Gasteiger partial charge in [-0.1, -0.05) is 29.8 Å². The van der Waals surface area contributed by atoms with Crippen LogP contribution in [0.5, 0.6) is 0 Å². The van der Waals surface area contributed by atoms with Crippen molar-refractivity contribution in [1.29, 1.82) is 5.26 Å². The molecule has 0 aromatic heterocycles. The number of hydrogen-bond acceptors (Lipinski definition) is 3. The largest absolute Gasteiger partial charge is 0.325 e. The number of anilines is 2. The molecule has 1 aliphatic rings. The molecule has 2 atom stereocenters. The molecule has 3 rings (SSSR count). The van der Waals surface area contributed by atoms with Gasteiger partial charge in [0.2, 0.25) is 11.8 Å². The average molecular weight is 347 g/mol. The molecule has 2 aromatic rings. The fourth-order valence-corrected chi connectivity index (χ4v) is 3.28. The average Bonchev–Trinajstić information content (AvgIpc) is 3.39. The van der Waals surface area contributed by atoms with E-state index < -0.39 is 0 Å². The SMILES string of the molecule is Cc1cc(C)c(NC(=O)C2CC2C(=O)Nc2ccccc2C#N)c(C)c1. The van der Waals surface area contributed by atoms with E-state index in [9.17, 15) is 9.59 Å². The van der Waals surface area contributed by atoms with Crippen LogP contribution in [0.2, 0.25) is 0 Å². The molecular weight excluding hydrogens is 326 g/mol. The van der Waals surface area contributed by atoms with Crippen molar-refractivity contribution >= 4 is 23.2 Å². The molecule has 2 aromatic carbocycles. The monoisotopic (exact) mass is 347 g/mol. The summed E-state index contributed by atoms with van der Waals surface area (Å²) < 4.78 is 0. The van der Waals surface area contributed by atoms with Crippen molar-refractivity contribution in [1.82, 2.24) is 0 Å². The number of nitrogens with zero attached hydrogens (tertiary/aromatic N) is 1. The van der Waals surface area contributed by atoms with E-state index in [4.69, 9.17) is 5.26 Å². The molecule has 1 fully saturated rings. The molecule has 5 heteroatoms. The van der Waals surface area contributed by atoms with Crippen molar-refractivity contribution in [2.45, 2.75) is 27.2 Å². The zero-order valence-corrected chi connectivity index (χ0v) is 15.1. The summed E-state index contributed by atoms with van der Waals surface area (Å²) in [5, 5.41) is 14.8. The molecule has 1 saturated carbocycles. The first-order chi connectivity index (χ1) is 12.4. The van der Waals surface area contributed by atoms with E-state index >= 15 is 0 Å². The minimum absolute atomic E-state index is 0.131. The van der Waals surface area contributed by atoms with Gasteiger partial charge in [0, 0.05) is 5.69 Å². The number of para-hydroxylation sites is 1. The summed E-state index contributed by atoms with van der Waals surface area (Å²) in [5.74, 6) is -1.03. The van der Waals surface area contributed by atoms with Crippen molar-refractivity contribution < 1.29 is 9.59 Å². The normalized spacial score (nSPS) is 17.9. The second-order valence-electron chi connectivity index (χ2n) is 6.86. The molecule has 2 N–H and O–H groups in total. The summed E-state index contributed by atoms with van der Waals surface area (Å²) in [6, 6.07) is 12.9. The van der Waals surface area contributed by atoms with Gasteiger partial charge >= 0.3 is 0 Å². The Morgan fingerprint density at radius 3 is 2.19 bits per heavy atom. The number of amides is 2. The van der Waals surface area contributed by atoms with Crippen LogP contribution in [0.25, 0.3) is 0 Å². The number of hydrogen-bond donors (Lipinski definition) is 2. The van der Waals surface area contributed by atoms with Gasteiger partial charge in [0.25, 0.3) is 0 Å². The first-order valence-corrected chi connectivity index (χ1v) is 8.59. The Morgan fingerprint density at radius 2 is 1.58 bits per heavy atom. The molecule has 5 nitrogen and oxygen atoms in total. The summed E-state index contributed by atoms with van der Waals surface area (Å²) in [6.07, 6.45) is 0.524. The lowest BCUT2D eigenvalue weighted by Gasteiger charge is -2.13. The van der Waals surface area contributed by atoms with E-state index in [-0.39, 0.29) is 23.7 Å². The van der Waals surface area contributed by atoms with Crippen LogP contribution in [0.3, 0.4) is 0 Å². The maximum Gasteiger partial charge on any atom is 0.228 e. The van der Waals surface area contributed by atoms with Gasteiger partial charge in [-0.05, 0) is 50.5 Å². The van der Waals surface area contributed by atoms with E-state index in [2.05, 4.69) is 10.6 Å². The fourth-order valence-electron chi connectivity index (χ4n) is 3.28. The minimum Gasteiger partial charge on any atom is -0.325 e. The number of nitriles is 1. The first kappa shape index (κ1) is 17.7. The van der Waals surface area contributed by atoms with E-state index in [1.54, 1.807) is 24.3 Å². The standard InChI is InChI=1S/C21H21N3O2/c1-12-8-13(2)19(14(3)9-12)24-21(26)17-10-16(17)20(25)23-18-7-5-4-6-15(18)11-22/h4-9,16-17H,10H2,1-3H3,(H,23,25)(H,24,26). The van der Waals surface area contributed by atoms with Crippen molar-refractivity contribution in [2.24, 2.45) is 11.8 Å².